The maximum atomic E-state index is 11.8. The smallest absolute Gasteiger partial charge is 0.341 e. The molecular weight excluding hydrogens is 290 g/mol. The standard InChI is InChI=1S/C16H17NO3.ClH/c1-19-15-8-7-13(9-14(15)16(18)20-2)12-5-3-11(10-17)4-6-12;/h3-9H,10,17H2,1-2H3;1H. The second-order valence-corrected chi connectivity index (χ2v) is 4.31. The maximum absolute atomic E-state index is 11.8. The Bertz CT molecular complexity index is 611. The molecule has 0 aromatic heterocycles. The molecule has 0 saturated heterocycles. The van der Waals surface area contributed by atoms with E-state index in [0.717, 1.165) is 16.7 Å². The van der Waals surface area contributed by atoms with E-state index in [4.69, 9.17) is 15.2 Å². The lowest BCUT2D eigenvalue weighted by molar-refractivity contribution is 0.0597. The van der Waals surface area contributed by atoms with Gasteiger partial charge in [-0.25, -0.2) is 4.79 Å². The van der Waals surface area contributed by atoms with Crippen molar-refractivity contribution < 1.29 is 14.3 Å². The first-order chi connectivity index (χ1) is 9.69. The third-order valence-corrected chi connectivity index (χ3v) is 3.13. The number of hydrogen-bond acceptors (Lipinski definition) is 4. The fourth-order valence-electron chi connectivity index (χ4n) is 1.99. The van der Waals surface area contributed by atoms with Crippen LogP contribution in [0.2, 0.25) is 0 Å². The third kappa shape index (κ3) is 3.74. The highest BCUT2D eigenvalue weighted by atomic mass is 35.5. The van der Waals surface area contributed by atoms with Crippen LogP contribution in [0.3, 0.4) is 0 Å². The van der Waals surface area contributed by atoms with Crippen LogP contribution in [0, 0.1) is 0 Å². The van der Waals surface area contributed by atoms with E-state index >= 15 is 0 Å². The minimum atomic E-state index is -0.415. The highest BCUT2D eigenvalue weighted by molar-refractivity contribution is 5.94. The Morgan fingerprint density at radius 2 is 1.67 bits per heavy atom. The van der Waals surface area contributed by atoms with Gasteiger partial charge in [-0.15, -0.1) is 12.4 Å². The molecular formula is C16H18ClNO3. The molecule has 0 unspecified atom stereocenters. The fraction of sp³-hybridized carbons (Fsp3) is 0.188. The molecule has 21 heavy (non-hydrogen) atoms. The van der Waals surface area contributed by atoms with E-state index in [1.54, 1.807) is 12.1 Å². The number of carbonyl (C=O) groups excluding carboxylic acids is 1. The number of ether oxygens (including phenoxy) is 2. The molecule has 5 heteroatoms. The van der Waals surface area contributed by atoms with Crippen LogP contribution in [0.15, 0.2) is 42.5 Å². The van der Waals surface area contributed by atoms with Crippen molar-refractivity contribution >= 4 is 18.4 Å². The first kappa shape index (κ1) is 17.0. The van der Waals surface area contributed by atoms with Crippen LogP contribution < -0.4 is 10.5 Å². The number of halogens is 1. The molecule has 2 aromatic carbocycles. The summed E-state index contributed by atoms with van der Waals surface area (Å²) in [5, 5.41) is 0. The molecule has 2 N–H and O–H groups in total. The molecule has 0 bridgehead atoms. The molecule has 4 nitrogen and oxygen atoms in total. The quantitative estimate of drug-likeness (QED) is 0.882. The number of nitrogens with two attached hydrogens (primary N) is 1. The molecule has 0 amide bonds. The second kappa shape index (κ2) is 7.67. The van der Waals surface area contributed by atoms with Gasteiger partial charge in [0.2, 0.25) is 0 Å². The van der Waals surface area contributed by atoms with E-state index in [2.05, 4.69) is 0 Å². The van der Waals surface area contributed by atoms with Gasteiger partial charge in [-0.3, -0.25) is 0 Å². The molecule has 0 aliphatic carbocycles. The van der Waals surface area contributed by atoms with Crippen molar-refractivity contribution in [1.82, 2.24) is 0 Å². The maximum Gasteiger partial charge on any atom is 0.341 e. The van der Waals surface area contributed by atoms with E-state index in [1.165, 1.54) is 14.2 Å². The molecule has 0 spiro atoms. The van der Waals surface area contributed by atoms with Crippen molar-refractivity contribution in [2.75, 3.05) is 14.2 Å². The zero-order chi connectivity index (χ0) is 14.5. The van der Waals surface area contributed by atoms with E-state index in [1.807, 2.05) is 30.3 Å². The van der Waals surface area contributed by atoms with Gasteiger partial charge in [0.25, 0.3) is 0 Å². The van der Waals surface area contributed by atoms with Gasteiger partial charge in [-0.05, 0) is 28.8 Å². The largest absolute Gasteiger partial charge is 0.496 e. The molecule has 0 fully saturated rings. The van der Waals surface area contributed by atoms with Crippen LogP contribution in [0.5, 0.6) is 5.75 Å². The van der Waals surface area contributed by atoms with E-state index in [0.29, 0.717) is 17.9 Å². The average molecular weight is 308 g/mol. The Morgan fingerprint density at radius 3 is 2.19 bits per heavy atom. The molecule has 2 aromatic rings. The van der Waals surface area contributed by atoms with E-state index < -0.39 is 5.97 Å². The summed E-state index contributed by atoms with van der Waals surface area (Å²) in [4.78, 5) is 11.8. The van der Waals surface area contributed by atoms with Crippen LogP contribution in [0.1, 0.15) is 15.9 Å². The topological polar surface area (TPSA) is 61.5 Å². The summed E-state index contributed by atoms with van der Waals surface area (Å²) >= 11 is 0. The van der Waals surface area contributed by atoms with E-state index in [9.17, 15) is 4.79 Å². The summed E-state index contributed by atoms with van der Waals surface area (Å²) in [6, 6.07) is 13.3. The van der Waals surface area contributed by atoms with Crippen molar-refractivity contribution in [2.24, 2.45) is 5.73 Å². The molecule has 2 rings (SSSR count). The van der Waals surface area contributed by atoms with Crippen molar-refractivity contribution in [3.05, 3.63) is 53.6 Å². The molecule has 0 aliphatic rings. The van der Waals surface area contributed by atoms with E-state index in [-0.39, 0.29) is 12.4 Å². The molecule has 112 valence electrons. The van der Waals surface area contributed by atoms with Crippen molar-refractivity contribution in [3.8, 4) is 16.9 Å². The Kier molecular flexibility index (Phi) is 6.21. The predicted molar refractivity (Wildman–Crippen MR) is 84.9 cm³/mol. The number of carbonyl (C=O) groups is 1. The lowest BCUT2D eigenvalue weighted by atomic mass is 10.0. The molecule has 0 atom stereocenters. The zero-order valence-electron chi connectivity index (χ0n) is 12.0. The lowest BCUT2D eigenvalue weighted by Gasteiger charge is -2.10. The van der Waals surface area contributed by atoms with Gasteiger partial charge in [0.05, 0.1) is 14.2 Å². The Hall–Kier alpha value is -2.04. The van der Waals surface area contributed by atoms with Gasteiger partial charge in [0.1, 0.15) is 11.3 Å². The number of hydrogen-bond donors (Lipinski definition) is 1. The Morgan fingerprint density at radius 1 is 1.05 bits per heavy atom. The number of methoxy groups -OCH3 is 2. The summed E-state index contributed by atoms with van der Waals surface area (Å²) in [7, 11) is 2.88. The van der Waals surface area contributed by atoms with Gasteiger partial charge in [-0.2, -0.15) is 0 Å². The highest BCUT2D eigenvalue weighted by Crippen LogP contribution is 2.27. The van der Waals surface area contributed by atoms with Gasteiger partial charge in [0, 0.05) is 6.54 Å². The second-order valence-electron chi connectivity index (χ2n) is 4.31. The average Bonchev–Trinajstić information content (AvgIpc) is 2.53. The van der Waals surface area contributed by atoms with Gasteiger partial charge < -0.3 is 15.2 Å². The van der Waals surface area contributed by atoms with Crippen molar-refractivity contribution in [3.63, 3.8) is 0 Å². The van der Waals surface area contributed by atoms with Crippen molar-refractivity contribution in [1.29, 1.82) is 0 Å². The fourth-order valence-corrected chi connectivity index (χ4v) is 1.99. The highest BCUT2D eigenvalue weighted by Gasteiger charge is 2.13. The van der Waals surface area contributed by atoms with Crippen LogP contribution >= 0.6 is 12.4 Å². The Balaban J connectivity index is 0.00000220. The number of esters is 1. The van der Waals surface area contributed by atoms with Crippen LogP contribution in [-0.4, -0.2) is 20.2 Å². The third-order valence-electron chi connectivity index (χ3n) is 3.13. The summed E-state index contributed by atoms with van der Waals surface area (Å²) in [5.41, 5.74) is 8.99. The summed E-state index contributed by atoms with van der Waals surface area (Å²) in [6.45, 7) is 0.510. The minimum Gasteiger partial charge on any atom is -0.496 e. The monoisotopic (exact) mass is 307 g/mol. The minimum absolute atomic E-state index is 0. The summed E-state index contributed by atoms with van der Waals surface area (Å²) < 4.78 is 9.95. The van der Waals surface area contributed by atoms with Crippen LogP contribution in [0.25, 0.3) is 11.1 Å². The van der Waals surface area contributed by atoms with Crippen molar-refractivity contribution in [2.45, 2.75) is 6.54 Å². The molecule has 0 saturated carbocycles. The normalized spacial score (nSPS) is 9.67. The SMILES string of the molecule is COC(=O)c1cc(-c2ccc(CN)cc2)ccc1OC.Cl. The van der Waals surface area contributed by atoms with Crippen LogP contribution in [-0.2, 0) is 11.3 Å². The molecule has 0 radical (unpaired) electrons. The Labute approximate surface area is 130 Å². The lowest BCUT2D eigenvalue weighted by Crippen LogP contribution is -2.04. The molecule has 0 heterocycles. The predicted octanol–water partition coefficient (Wildman–Crippen LogP) is 3.03. The van der Waals surface area contributed by atoms with Gasteiger partial charge >= 0.3 is 5.97 Å². The van der Waals surface area contributed by atoms with Gasteiger partial charge in [-0.1, -0.05) is 30.3 Å². The zero-order valence-corrected chi connectivity index (χ0v) is 12.8. The van der Waals surface area contributed by atoms with Crippen LogP contribution in [0.4, 0.5) is 0 Å². The first-order valence-electron chi connectivity index (χ1n) is 6.25. The van der Waals surface area contributed by atoms with Gasteiger partial charge in [0.15, 0.2) is 0 Å². The first-order valence-corrected chi connectivity index (χ1v) is 6.25. The number of rotatable bonds is 4. The molecule has 0 aliphatic heterocycles. The summed E-state index contributed by atoms with van der Waals surface area (Å²) in [6.07, 6.45) is 0. The summed E-state index contributed by atoms with van der Waals surface area (Å²) in [5.74, 6) is 0.0847. The number of benzene rings is 2.